The molecule has 0 bridgehead atoms. The minimum Gasteiger partial charge on any atom is -0.492 e. The smallest absolute Gasteiger partial charge is 0.471 e. The van der Waals surface area contributed by atoms with Crippen LogP contribution in [0.25, 0.3) is 0 Å². The summed E-state index contributed by atoms with van der Waals surface area (Å²) in [5.74, 6) is -1.68. The number of carbonyl (C=O) groups excluding carboxylic acids is 1. The van der Waals surface area contributed by atoms with E-state index in [2.05, 4.69) is 0 Å². The van der Waals surface area contributed by atoms with Crippen molar-refractivity contribution in [3.8, 4) is 5.75 Å². The largest absolute Gasteiger partial charge is 0.492 e. The van der Waals surface area contributed by atoms with Crippen LogP contribution in [0.1, 0.15) is 13.3 Å². The molecule has 3 nitrogen and oxygen atoms in total. The highest BCUT2D eigenvalue weighted by Crippen LogP contribution is 2.28. The van der Waals surface area contributed by atoms with Crippen molar-refractivity contribution in [3.63, 3.8) is 0 Å². The average molecular weight is 282 g/mol. The van der Waals surface area contributed by atoms with E-state index in [-0.39, 0.29) is 10.7 Å². The third-order valence-corrected chi connectivity index (χ3v) is 2.20. The van der Waals surface area contributed by atoms with E-state index in [1.165, 1.54) is 18.2 Å². The summed E-state index contributed by atoms with van der Waals surface area (Å²) in [4.78, 5) is 10.7. The highest BCUT2D eigenvalue weighted by molar-refractivity contribution is 6.32. The van der Waals surface area contributed by atoms with Gasteiger partial charge in [-0.3, -0.25) is 4.79 Å². The van der Waals surface area contributed by atoms with E-state index in [0.29, 0.717) is 12.4 Å². The Kier molecular flexibility index (Phi) is 4.84. The van der Waals surface area contributed by atoms with Gasteiger partial charge in [0.2, 0.25) is 0 Å². The Balaban J connectivity index is 2.75. The second kappa shape index (κ2) is 5.95. The molecular formula is C11H11ClF3NO2. The zero-order valence-corrected chi connectivity index (χ0v) is 10.2. The molecule has 0 aliphatic heterocycles. The van der Waals surface area contributed by atoms with Crippen LogP contribution in [0.4, 0.5) is 18.9 Å². The molecule has 0 fully saturated rings. The van der Waals surface area contributed by atoms with Crippen LogP contribution >= 0.6 is 11.6 Å². The lowest BCUT2D eigenvalue weighted by atomic mass is 10.3. The molecule has 1 aromatic carbocycles. The van der Waals surface area contributed by atoms with Gasteiger partial charge in [-0.25, -0.2) is 0 Å². The van der Waals surface area contributed by atoms with Gasteiger partial charge in [-0.1, -0.05) is 18.5 Å². The fourth-order valence-electron chi connectivity index (χ4n) is 1.11. The Labute approximate surface area is 107 Å². The number of nitrogens with one attached hydrogen (secondary N) is 1. The van der Waals surface area contributed by atoms with Crippen molar-refractivity contribution >= 4 is 23.2 Å². The van der Waals surface area contributed by atoms with E-state index in [1.54, 1.807) is 5.32 Å². The van der Waals surface area contributed by atoms with Gasteiger partial charge in [0.25, 0.3) is 0 Å². The molecule has 1 rings (SSSR count). The van der Waals surface area contributed by atoms with Crippen LogP contribution in [-0.4, -0.2) is 18.7 Å². The number of ether oxygens (including phenoxy) is 1. The Morgan fingerprint density at radius 3 is 2.61 bits per heavy atom. The summed E-state index contributed by atoms with van der Waals surface area (Å²) in [6, 6.07) is 3.90. The molecule has 0 aliphatic rings. The molecule has 0 saturated carbocycles. The topological polar surface area (TPSA) is 38.3 Å². The second-order valence-corrected chi connectivity index (χ2v) is 3.85. The highest BCUT2D eigenvalue weighted by atomic mass is 35.5. The fourth-order valence-corrected chi connectivity index (χ4v) is 1.34. The third-order valence-electron chi connectivity index (χ3n) is 1.91. The van der Waals surface area contributed by atoms with Gasteiger partial charge in [0.15, 0.2) is 0 Å². The SMILES string of the molecule is CCCOc1ccc(NC(=O)C(F)(F)F)cc1Cl. The summed E-state index contributed by atoms with van der Waals surface area (Å²) in [6.07, 6.45) is -4.15. The lowest BCUT2D eigenvalue weighted by Gasteiger charge is -2.10. The van der Waals surface area contributed by atoms with Gasteiger partial charge in [-0.05, 0) is 24.6 Å². The molecular weight excluding hydrogens is 271 g/mol. The van der Waals surface area contributed by atoms with Gasteiger partial charge >= 0.3 is 12.1 Å². The van der Waals surface area contributed by atoms with Crippen molar-refractivity contribution in [3.05, 3.63) is 23.2 Å². The molecule has 1 N–H and O–H groups in total. The maximum Gasteiger partial charge on any atom is 0.471 e. The quantitative estimate of drug-likeness (QED) is 0.915. The number of rotatable bonds is 4. The zero-order chi connectivity index (χ0) is 13.8. The molecule has 0 unspecified atom stereocenters. The average Bonchev–Trinajstić information content (AvgIpc) is 2.26. The van der Waals surface area contributed by atoms with E-state index in [1.807, 2.05) is 6.92 Å². The first-order chi connectivity index (χ1) is 8.34. The Hall–Kier alpha value is -1.43. The van der Waals surface area contributed by atoms with Crippen molar-refractivity contribution in [1.29, 1.82) is 0 Å². The lowest BCUT2D eigenvalue weighted by molar-refractivity contribution is -0.167. The second-order valence-electron chi connectivity index (χ2n) is 3.45. The molecule has 100 valence electrons. The number of hydrogen-bond acceptors (Lipinski definition) is 2. The molecule has 1 amide bonds. The van der Waals surface area contributed by atoms with Gasteiger partial charge in [-0.15, -0.1) is 0 Å². The van der Waals surface area contributed by atoms with Crippen LogP contribution in [0.3, 0.4) is 0 Å². The molecule has 18 heavy (non-hydrogen) atoms. The minimum atomic E-state index is -4.93. The van der Waals surface area contributed by atoms with Gasteiger partial charge in [0.05, 0.1) is 11.6 Å². The standard InChI is InChI=1S/C11H11ClF3NO2/c1-2-5-18-9-4-3-7(6-8(9)12)16-10(17)11(13,14)15/h3-4,6H,2,5H2,1H3,(H,16,17). The van der Waals surface area contributed by atoms with Gasteiger partial charge < -0.3 is 10.1 Å². The van der Waals surface area contributed by atoms with Crippen molar-refractivity contribution in [2.45, 2.75) is 19.5 Å². The normalized spacial score (nSPS) is 11.2. The number of benzene rings is 1. The molecule has 0 saturated heterocycles. The summed E-state index contributed by atoms with van der Waals surface area (Å²) in [6.45, 7) is 2.36. The number of carbonyl (C=O) groups is 1. The number of halogens is 4. The van der Waals surface area contributed by atoms with Crippen molar-refractivity contribution < 1.29 is 22.7 Å². The van der Waals surface area contributed by atoms with Crippen LogP contribution < -0.4 is 10.1 Å². The van der Waals surface area contributed by atoms with Gasteiger partial charge in [0.1, 0.15) is 5.75 Å². The first kappa shape index (κ1) is 14.6. The molecule has 1 aromatic rings. The van der Waals surface area contributed by atoms with E-state index in [0.717, 1.165) is 6.42 Å². The first-order valence-electron chi connectivity index (χ1n) is 5.15. The maximum atomic E-state index is 12.0. The number of amides is 1. The molecule has 7 heteroatoms. The summed E-state index contributed by atoms with van der Waals surface area (Å²) < 4.78 is 41.3. The summed E-state index contributed by atoms with van der Waals surface area (Å²) in [7, 11) is 0. The Morgan fingerprint density at radius 2 is 2.11 bits per heavy atom. The Morgan fingerprint density at radius 1 is 1.44 bits per heavy atom. The minimum absolute atomic E-state index is 0.0360. The first-order valence-corrected chi connectivity index (χ1v) is 5.53. The molecule has 0 atom stereocenters. The molecule has 0 aromatic heterocycles. The van der Waals surface area contributed by atoms with Gasteiger partial charge in [-0.2, -0.15) is 13.2 Å². The van der Waals surface area contributed by atoms with Crippen LogP contribution in [0, 0.1) is 0 Å². The molecule has 0 spiro atoms. The van der Waals surface area contributed by atoms with Crippen molar-refractivity contribution in [1.82, 2.24) is 0 Å². The molecule has 0 heterocycles. The Bertz CT molecular complexity index is 435. The predicted molar refractivity (Wildman–Crippen MR) is 61.9 cm³/mol. The van der Waals surface area contributed by atoms with Crippen LogP contribution in [0.15, 0.2) is 18.2 Å². The van der Waals surface area contributed by atoms with E-state index < -0.39 is 12.1 Å². The van der Waals surface area contributed by atoms with Crippen molar-refractivity contribution in [2.75, 3.05) is 11.9 Å². The third kappa shape index (κ3) is 4.10. The predicted octanol–water partition coefficient (Wildman–Crippen LogP) is 3.63. The van der Waals surface area contributed by atoms with Gasteiger partial charge in [0, 0.05) is 5.69 Å². The fraction of sp³-hybridized carbons (Fsp3) is 0.364. The molecule has 0 aliphatic carbocycles. The van der Waals surface area contributed by atoms with E-state index in [9.17, 15) is 18.0 Å². The van der Waals surface area contributed by atoms with Crippen LogP contribution in [0.2, 0.25) is 5.02 Å². The highest BCUT2D eigenvalue weighted by Gasteiger charge is 2.38. The van der Waals surface area contributed by atoms with E-state index >= 15 is 0 Å². The monoisotopic (exact) mass is 281 g/mol. The lowest BCUT2D eigenvalue weighted by Crippen LogP contribution is -2.29. The summed E-state index contributed by atoms with van der Waals surface area (Å²) in [5.41, 5.74) is -0.0360. The van der Waals surface area contributed by atoms with Crippen LogP contribution in [-0.2, 0) is 4.79 Å². The van der Waals surface area contributed by atoms with E-state index in [4.69, 9.17) is 16.3 Å². The van der Waals surface area contributed by atoms with Crippen molar-refractivity contribution in [2.24, 2.45) is 0 Å². The number of anilines is 1. The van der Waals surface area contributed by atoms with Crippen LogP contribution in [0.5, 0.6) is 5.75 Å². The number of alkyl halides is 3. The zero-order valence-electron chi connectivity index (χ0n) is 9.47. The summed E-state index contributed by atoms with van der Waals surface area (Å²) in [5, 5.41) is 1.84. The molecule has 0 radical (unpaired) electrons. The maximum absolute atomic E-state index is 12.0. The summed E-state index contributed by atoms with van der Waals surface area (Å²) >= 11 is 5.81. The number of hydrogen-bond donors (Lipinski definition) is 1.